The third-order valence-electron chi connectivity index (χ3n) is 5.04. The first kappa shape index (κ1) is 21.9. The monoisotopic (exact) mass is 454 g/mol. The summed E-state index contributed by atoms with van der Waals surface area (Å²) in [6.07, 6.45) is -1.56. The normalized spacial score (nSPS) is 11.5. The molecule has 0 atom stereocenters. The molecule has 2 aromatic heterocycles. The maximum atomic E-state index is 13.1. The standard InChI is InChI=1S/C22H17F3N6O2/c1-30-20-14(9-26)7-16(8-15(20)10-28-30)29-17-4-2-3-13-5-6-31(21(33)19(13)17)11-18(32)27-12-22(23,24)25/h2-8,10,29H,11-12H2,1H3,(H,27,32). The van der Waals surface area contributed by atoms with Crippen molar-refractivity contribution in [3.05, 3.63) is 64.7 Å². The van der Waals surface area contributed by atoms with Crippen molar-refractivity contribution in [2.75, 3.05) is 11.9 Å². The zero-order valence-electron chi connectivity index (χ0n) is 17.3. The Morgan fingerprint density at radius 1 is 1.21 bits per heavy atom. The van der Waals surface area contributed by atoms with E-state index in [0.29, 0.717) is 27.8 Å². The zero-order chi connectivity index (χ0) is 23.8. The first-order valence-corrected chi connectivity index (χ1v) is 9.75. The minimum Gasteiger partial charge on any atom is -0.355 e. The highest BCUT2D eigenvalue weighted by molar-refractivity contribution is 5.96. The van der Waals surface area contributed by atoms with E-state index in [4.69, 9.17) is 0 Å². The molecule has 0 radical (unpaired) electrons. The Balaban J connectivity index is 1.70. The summed E-state index contributed by atoms with van der Waals surface area (Å²) in [5.41, 5.74) is 1.51. The van der Waals surface area contributed by atoms with Crippen LogP contribution < -0.4 is 16.2 Å². The number of aromatic nitrogens is 3. The number of halogens is 3. The second-order valence-corrected chi connectivity index (χ2v) is 7.38. The molecule has 168 valence electrons. The summed E-state index contributed by atoms with van der Waals surface area (Å²) in [5.74, 6) is -0.931. The summed E-state index contributed by atoms with van der Waals surface area (Å²) < 4.78 is 39.7. The predicted molar refractivity (Wildman–Crippen MR) is 116 cm³/mol. The highest BCUT2D eigenvalue weighted by Crippen LogP contribution is 2.28. The molecule has 2 heterocycles. The van der Waals surface area contributed by atoms with E-state index in [2.05, 4.69) is 16.5 Å². The van der Waals surface area contributed by atoms with Gasteiger partial charge >= 0.3 is 6.18 Å². The molecular weight excluding hydrogens is 437 g/mol. The van der Waals surface area contributed by atoms with Gasteiger partial charge < -0.3 is 15.2 Å². The van der Waals surface area contributed by atoms with Crippen LogP contribution in [0.5, 0.6) is 0 Å². The van der Waals surface area contributed by atoms with Crippen molar-refractivity contribution >= 4 is 39.0 Å². The molecule has 33 heavy (non-hydrogen) atoms. The number of carbonyl (C=O) groups is 1. The molecule has 2 aromatic carbocycles. The van der Waals surface area contributed by atoms with Gasteiger partial charge in [0.2, 0.25) is 5.91 Å². The number of aryl methyl sites for hydroxylation is 1. The maximum Gasteiger partial charge on any atom is 0.405 e. The molecule has 0 aliphatic rings. The van der Waals surface area contributed by atoms with Crippen molar-refractivity contribution in [2.45, 2.75) is 12.7 Å². The Morgan fingerprint density at radius 3 is 2.73 bits per heavy atom. The van der Waals surface area contributed by atoms with Crippen molar-refractivity contribution in [2.24, 2.45) is 7.05 Å². The van der Waals surface area contributed by atoms with E-state index in [0.717, 1.165) is 9.95 Å². The van der Waals surface area contributed by atoms with Gasteiger partial charge in [-0.05, 0) is 29.7 Å². The molecule has 0 aliphatic heterocycles. The Morgan fingerprint density at radius 2 is 2.00 bits per heavy atom. The van der Waals surface area contributed by atoms with Gasteiger partial charge in [-0.15, -0.1) is 0 Å². The molecule has 0 aliphatic carbocycles. The van der Waals surface area contributed by atoms with Crippen LogP contribution in [0.1, 0.15) is 5.56 Å². The molecule has 0 saturated carbocycles. The average Bonchev–Trinajstić information content (AvgIpc) is 3.14. The predicted octanol–water partition coefficient (Wildman–Crippen LogP) is 3.18. The SMILES string of the molecule is Cn1ncc2cc(Nc3cccc4ccn(CC(=O)NCC(F)(F)F)c(=O)c34)cc(C#N)c21. The van der Waals surface area contributed by atoms with Gasteiger partial charge in [0.1, 0.15) is 19.2 Å². The lowest BCUT2D eigenvalue weighted by Gasteiger charge is -2.13. The first-order valence-electron chi connectivity index (χ1n) is 9.75. The fourth-order valence-corrected chi connectivity index (χ4v) is 3.60. The molecule has 2 N–H and O–H groups in total. The quantitative estimate of drug-likeness (QED) is 0.482. The lowest BCUT2D eigenvalue weighted by atomic mass is 10.1. The number of amides is 1. The Labute approximate surface area is 184 Å². The van der Waals surface area contributed by atoms with Crippen LogP contribution in [0.4, 0.5) is 24.5 Å². The number of alkyl halides is 3. The third kappa shape index (κ3) is 4.50. The summed E-state index contributed by atoms with van der Waals surface area (Å²) in [6.45, 7) is -2.03. The number of anilines is 2. The number of benzene rings is 2. The van der Waals surface area contributed by atoms with Crippen LogP contribution in [0.3, 0.4) is 0 Å². The lowest BCUT2D eigenvalue weighted by molar-refractivity contribution is -0.138. The molecule has 0 fully saturated rings. The van der Waals surface area contributed by atoms with E-state index in [-0.39, 0.29) is 5.39 Å². The van der Waals surface area contributed by atoms with Gasteiger partial charge in [0.25, 0.3) is 5.56 Å². The maximum absolute atomic E-state index is 13.1. The number of rotatable bonds is 5. The van der Waals surface area contributed by atoms with Gasteiger partial charge in [0.05, 0.1) is 28.4 Å². The molecular formula is C22H17F3N6O2. The summed E-state index contributed by atoms with van der Waals surface area (Å²) in [4.78, 5) is 25.0. The highest BCUT2D eigenvalue weighted by Gasteiger charge is 2.27. The van der Waals surface area contributed by atoms with E-state index >= 15 is 0 Å². The molecule has 0 saturated heterocycles. The third-order valence-corrected chi connectivity index (χ3v) is 5.04. The molecule has 4 aromatic rings. The number of carbonyl (C=O) groups excluding carboxylic acids is 1. The summed E-state index contributed by atoms with van der Waals surface area (Å²) in [7, 11) is 1.73. The number of fused-ring (bicyclic) bond motifs is 2. The van der Waals surface area contributed by atoms with Crippen molar-refractivity contribution < 1.29 is 18.0 Å². The van der Waals surface area contributed by atoms with E-state index in [9.17, 15) is 28.0 Å². The van der Waals surface area contributed by atoms with Crippen molar-refractivity contribution in [1.82, 2.24) is 19.7 Å². The molecule has 1 amide bonds. The second kappa shape index (κ2) is 8.31. The highest BCUT2D eigenvalue weighted by atomic mass is 19.4. The number of pyridine rings is 1. The average molecular weight is 454 g/mol. The summed E-state index contributed by atoms with van der Waals surface area (Å²) in [5, 5.41) is 20.1. The van der Waals surface area contributed by atoms with Crippen LogP contribution in [0.15, 0.2) is 53.6 Å². The lowest BCUT2D eigenvalue weighted by Crippen LogP contribution is -2.37. The van der Waals surface area contributed by atoms with Crippen LogP contribution in [-0.2, 0) is 18.4 Å². The Kier molecular flexibility index (Phi) is 5.51. The van der Waals surface area contributed by atoms with Gasteiger partial charge in [-0.2, -0.15) is 23.5 Å². The Hall–Kier alpha value is -4.33. The van der Waals surface area contributed by atoms with E-state index in [1.807, 2.05) is 0 Å². The van der Waals surface area contributed by atoms with Crippen molar-refractivity contribution in [1.29, 1.82) is 5.26 Å². The summed E-state index contributed by atoms with van der Waals surface area (Å²) in [6, 6.07) is 12.3. The van der Waals surface area contributed by atoms with Gasteiger partial charge in [-0.1, -0.05) is 12.1 Å². The second-order valence-electron chi connectivity index (χ2n) is 7.38. The van der Waals surface area contributed by atoms with Crippen molar-refractivity contribution in [3.8, 4) is 6.07 Å². The molecule has 11 heteroatoms. The van der Waals surface area contributed by atoms with Crippen LogP contribution in [0.2, 0.25) is 0 Å². The van der Waals surface area contributed by atoms with Gasteiger partial charge in [-0.3, -0.25) is 14.3 Å². The van der Waals surface area contributed by atoms with Crippen LogP contribution in [0.25, 0.3) is 21.7 Å². The number of nitriles is 1. The number of nitrogens with one attached hydrogen (secondary N) is 2. The fraction of sp³-hybridized carbons (Fsp3) is 0.182. The van der Waals surface area contributed by atoms with Crippen LogP contribution >= 0.6 is 0 Å². The van der Waals surface area contributed by atoms with Crippen molar-refractivity contribution in [3.63, 3.8) is 0 Å². The van der Waals surface area contributed by atoms with E-state index in [1.165, 1.54) is 6.20 Å². The number of hydrogen-bond donors (Lipinski definition) is 2. The first-order chi connectivity index (χ1) is 15.7. The van der Waals surface area contributed by atoms with Crippen LogP contribution in [0, 0.1) is 11.3 Å². The molecule has 0 unspecified atom stereocenters. The minimum absolute atomic E-state index is 0.258. The van der Waals surface area contributed by atoms with Gasteiger partial charge in [-0.25, -0.2) is 0 Å². The van der Waals surface area contributed by atoms with Gasteiger partial charge in [0, 0.05) is 24.3 Å². The smallest absolute Gasteiger partial charge is 0.355 e. The number of hydrogen-bond acceptors (Lipinski definition) is 5. The van der Waals surface area contributed by atoms with E-state index < -0.39 is 30.7 Å². The molecule has 0 bridgehead atoms. The van der Waals surface area contributed by atoms with E-state index in [1.54, 1.807) is 59.6 Å². The molecule has 8 nitrogen and oxygen atoms in total. The Bertz CT molecular complexity index is 1480. The van der Waals surface area contributed by atoms with Gasteiger partial charge in [0.15, 0.2) is 0 Å². The summed E-state index contributed by atoms with van der Waals surface area (Å²) >= 11 is 0. The largest absolute Gasteiger partial charge is 0.405 e. The fourth-order valence-electron chi connectivity index (χ4n) is 3.60. The topological polar surface area (TPSA) is 105 Å². The number of nitrogens with zero attached hydrogens (tertiary/aromatic N) is 4. The molecule has 4 rings (SSSR count). The minimum atomic E-state index is -4.54. The zero-order valence-corrected chi connectivity index (χ0v) is 17.3. The van der Waals surface area contributed by atoms with Crippen LogP contribution in [-0.4, -0.2) is 33.0 Å². The molecule has 0 spiro atoms.